The molecule has 0 unspecified atom stereocenters. The number of aromatic nitrogens is 1. The summed E-state index contributed by atoms with van der Waals surface area (Å²) in [7, 11) is 0. The van der Waals surface area contributed by atoms with Gasteiger partial charge in [-0.05, 0) is 55.3 Å². The maximum atomic E-state index is 13.8. The monoisotopic (exact) mass is 508 g/mol. The van der Waals surface area contributed by atoms with Crippen molar-refractivity contribution in [2.75, 3.05) is 18.9 Å². The van der Waals surface area contributed by atoms with Crippen molar-refractivity contribution in [3.05, 3.63) is 75.9 Å². The van der Waals surface area contributed by atoms with Crippen molar-refractivity contribution in [1.82, 2.24) is 4.57 Å². The quantitative estimate of drug-likeness (QED) is 0.428. The van der Waals surface area contributed by atoms with Crippen molar-refractivity contribution in [1.29, 1.82) is 0 Å². The van der Waals surface area contributed by atoms with Crippen molar-refractivity contribution >= 4 is 46.3 Å². The fourth-order valence-electron chi connectivity index (χ4n) is 3.88. The van der Waals surface area contributed by atoms with Gasteiger partial charge in [0.05, 0.1) is 24.3 Å². The Balaban J connectivity index is 2.08. The molecule has 0 fully saturated rings. The number of phenols is 2. The number of hydrogen-bond donors (Lipinski definition) is 3. The third kappa shape index (κ3) is 4.55. The molecule has 0 saturated carbocycles. The summed E-state index contributed by atoms with van der Waals surface area (Å²) in [6.07, 6.45) is 1.62. The summed E-state index contributed by atoms with van der Waals surface area (Å²) in [5.41, 5.74) is 7.35. The molecule has 4 N–H and O–H groups in total. The maximum Gasteiger partial charge on any atom is 0.357 e. The van der Waals surface area contributed by atoms with E-state index in [0.717, 1.165) is 16.3 Å². The van der Waals surface area contributed by atoms with E-state index >= 15 is 0 Å². The van der Waals surface area contributed by atoms with Gasteiger partial charge in [0.15, 0.2) is 5.69 Å². The first-order chi connectivity index (χ1) is 17.3. The summed E-state index contributed by atoms with van der Waals surface area (Å²) < 4.78 is 11.6. The van der Waals surface area contributed by atoms with Gasteiger partial charge in [-0.3, -0.25) is 9.36 Å². The zero-order valence-electron chi connectivity index (χ0n) is 19.6. The lowest BCUT2D eigenvalue weighted by atomic mass is 10.1. The van der Waals surface area contributed by atoms with Crippen molar-refractivity contribution in [3.8, 4) is 11.5 Å². The highest BCUT2D eigenvalue weighted by Gasteiger charge is 2.38. The molecule has 0 bridgehead atoms. The lowest BCUT2D eigenvalue weighted by Crippen LogP contribution is -2.42. The maximum absolute atomic E-state index is 13.8. The number of rotatable bonds is 6. The molecule has 0 radical (unpaired) electrons. The van der Waals surface area contributed by atoms with Crippen LogP contribution < -0.4 is 16.3 Å². The smallest absolute Gasteiger partial charge is 0.357 e. The van der Waals surface area contributed by atoms with E-state index in [-0.39, 0.29) is 51.6 Å². The number of benzene rings is 2. The molecule has 9 nitrogen and oxygen atoms in total. The molecule has 1 aliphatic rings. The number of ether oxygens (including phenoxy) is 2. The van der Waals surface area contributed by atoms with Crippen LogP contribution in [0.3, 0.4) is 0 Å². The van der Waals surface area contributed by atoms with E-state index in [9.17, 15) is 24.6 Å². The molecule has 2 heterocycles. The zero-order valence-corrected chi connectivity index (χ0v) is 20.4. The molecule has 0 spiro atoms. The van der Waals surface area contributed by atoms with Gasteiger partial charge in [-0.2, -0.15) is 0 Å². The van der Waals surface area contributed by atoms with Crippen LogP contribution in [0.15, 0.2) is 48.5 Å². The Morgan fingerprint density at radius 3 is 2.11 bits per heavy atom. The molecule has 1 atom stereocenters. The number of carbonyl (C=O) groups is 3. The largest absolute Gasteiger partial charge is 0.508 e. The molecule has 0 saturated heterocycles. The number of fused-ring (bicyclic) bond motifs is 1. The van der Waals surface area contributed by atoms with E-state index in [4.69, 9.17) is 15.2 Å². The summed E-state index contributed by atoms with van der Waals surface area (Å²) in [5.74, 6) is -1.91. The minimum Gasteiger partial charge on any atom is -0.508 e. The van der Waals surface area contributed by atoms with Gasteiger partial charge < -0.3 is 25.4 Å². The van der Waals surface area contributed by atoms with E-state index in [1.54, 1.807) is 44.2 Å². The molecule has 3 aromatic rings. The van der Waals surface area contributed by atoms with Gasteiger partial charge in [0.1, 0.15) is 21.7 Å². The van der Waals surface area contributed by atoms with Crippen LogP contribution >= 0.6 is 11.8 Å². The Labute approximate surface area is 210 Å². The highest BCUT2D eigenvalue weighted by atomic mass is 32.2. The van der Waals surface area contributed by atoms with Crippen LogP contribution in [0.5, 0.6) is 11.5 Å². The van der Waals surface area contributed by atoms with Gasteiger partial charge in [-0.1, -0.05) is 36.0 Å². The minimum atomic E-state index is -0.918. The third-order valence-corrected chi connectivity index (χ3v) is 6.78. The number of phenolic OH excluding ortho intramolecular Hbond substituents is 2. The molecule has 10 heteroatoms. The van der Waals surface area contributed by atoms with Crippen molar-refractivity contribution < 1.29 is 34.1 Å². The number of nitrogens with zero attached hydrogens (tertiary/aromatic N) is 1. The van der Waals surface area contributed by atoms with Gasteiger partial charge in [-0.15, -0.1) is 0 Å². The van der Waals surface area contributed by atoms with E-state index in [1.807, 2.05) is 0 Å². The third-order valence-electron chi connectivity index (χ3n) is 5.47. The number of nitrogen functional groups attached to an aromatic ring is 1. The number of anilines is 1. The van der Waals surface area contributed by atoms with E-state index in [2.05, 4.69) is 0 Å². The molecule has 186 valence electrons. The summed E-state index contributed by atoms with van der Waals surface area (Å²) in [6.45, 7) is 3.44. The van der Waals surface area contributed by atoms with E-state index < -0.39 is 23.1 Å². The molecular formula is C26H24N2O7S. The van der Waals surface area contributed by atoms with Crippen LogP contribution in [0.25, 0.3) is 11.0 Å². The second-order valence-corrected chi connectivity index (χ2v) is 8.91. The van der Waals surface area contributed by atoms with Crippen molar-refractivity contribution in [2.24, 2.45) is 0 Å². The van der Waals surface area contributed by atoms with Crippen molar-refractivity contribution in [2.45, 2.75) is 19.1 Å². The Morgan fingerprint density at radius 1 is 0.972 bits per heavy atom. The highest BCUT2D eigenvalue weighted by molar-refractivity contribution is 8.10. The van der Waals surface area contributed by atoms with E-state index in [1.165, 1.54) is 24.3 Å². The van der Waals surface area contributed by atoms with Crippen LogP contribution in [0.1, 0.15) is 45.5 Å². The lowest BCUT2D eigenvalue weighted by molar-refractivity contribution is -0.135. The average Bonchev–Trinajstić information content (AvgIpc) is 3.14. The van der Waals surface area contributed by atoms with Gasteiger partial charge in [0.2, 0.25) is 5.91 Å². The first-order valence-corrected chi connectivity index (χ1v) is 12.0. The molecule has 2 aromatic carbocycles. The standard InChI is InChI=1S/C26H24N2O7S/c1-3-34-25(32)21-19(27)18(13-14-5-9-16(29)10-6-14)20-23(26(33)35-4-2)36-22(24(31)28(20)21)15-7-11-17(30)12-8-15/h5-13,22,29-30H,3-4,27H2,1-2H3/b18-13+/t22-/m0/s1. The number of thioether (sulfide) groups is 1. The normalized spacial score (nSPS) is 15.5. The molecule has 4 rings (SSSR count). The molecule has 1 aromatic heterocycles. The fraction of sp³-hybridized carbons (Fsp3) is 0.192. The van der Waals surface area contributed by atoms with Crippen LogP contribution in [-0.4, -0.2) is 45.8 Å². The number of nitrogens with two attached hydrogens (primary N) is 1. The predicted octanol–water partition coefficient (Wildman–Crippen LogP) is 2.29. The average molecular weight is 509 g/mol. The van der Waals surface area contributed by atoms with Crippen LogP contribution in [0.4, 0.5) is 5.69 Å². The molecule has 36 heavy (non-hydrogen) atoms. The van der Waals surface area contributed by atoms with Crippen molar-refractivity contribution in [3.63, 3.8) is 0 Å². The highest BCUT2D eigenvalue weighted by Crippen LogP contribution is 2.40. The number of carbonyl (C=O) groups excluding carboxylic acids is 3. The minimum absolute atomic E-state index is 0.0190. The Hall–Kier alpha value is -4.18. The zero-order chi connectivity index (χ0) is 26.0. The summed E-state index contributed by atoms with van der Waals surface area (Å²) in [5, 5.41) is 18.8. The van der Waals surface area contributed by atoms with Gasteiger partial charge in [-0.25, -0.2) is 9.59 Å². The summed E-state index contributed by atoms with van der Waals surface area (Å²) >= 11 is 0.986. The van der Waals surface area contributed by atoms with Crippen LogP contribution in [0.2, 0.25) is 0 Å². The Kier molecular flexibility index (Phi) is 7.07. The Morgan fingerprint density at radius 2 is 1.53 bits per heavy atom. The second-order valence-electron chi connectivity index (χ2n) is 7.79. The fourth-order valence-corrected chi connectivity index (χ4v) is 5.08. The summed E-state index contributed by atoms with van der Waals surface area (Å²) in [4.78, 5) is 40.0. The molecule has 0 aliphatic carbocycles. The molecular weight excluding hydrogens is 484 g/mol. The molecule has 1 aliphatic heterocycles. The van der Waals surface area contributed by atoms with Crippen LogP contribution in [-0.2, 0) is 14.3 Å². The number of esters is 2. The first kappa shape index (κ1) is 24.9. The number of aromatic hydroxyl groups is 2. The van der Waals surface area contributed by atoms with Gasteiger partial charge >= 0.3 is 11.9 Å². The SMILES string of the molecule is CCOC(=O)C1=c2/c(=C/c3ccc(O)cc3)c(N)c(C(=O)OCC)n2C(=O)[C@H](c2ccc(O)cc2)S1. The van der Waals surface area contributed by atoms with Crippen LogP contribution in [0, 0.1) is 0 Å². The topological polar surface area (TPSA) is 141 Å². The second kappa shape index (κ2) is 10.2. The molecule has 0 amide bonds. The van der Waals surface area contributed by atoms with Gasteiger partial charge in [0, 0.05) is 5.22 Å². The predicted molar refractivity (Wildman–Crippen MR) is 135 cm³/mol. The number of hydrogen-bond acceptors (Lipinski definition) is 9. The summed E-state index contributed by atoms with van der Waals surface area (Å²) in [6, 6.07) is 12.2. The van der Waals surface area contributed by atoms with E-state index in [0.29, 0.717) is 11.1 Å². The lowest BCUT2D eigenvalue weighted by Gasteiger charge is -2.23. The Bertz CT molecular complexity index is 1460. The first-order valence-electron chi connectivity index (χ1n) is 11.2. The van der Waals surface area contributed by atoms with Gasteiger partial charge in [0.25, 0.3) is 0 Å².